The van der Waals surface area contributed by atoms with E-state index < -0.39 is 0 Å². The Morgan fingerprint density at radius 2 is 2.15 bits per heavy atom. The van der Waals surface area contributed by atoms with Crippen molar-refractivity contribution in [1.29, 1.82) is 0 Å². The van der Waals surface area contributed by atoms with Gasteiger partial charge < -0.3 is 0 Å². The molecule has 0 aromatic carbocycles. The van der Waals surface area contributed by atoms with Gasteiger partial charge in [0, 0.05) is 12.7 Å². The number of aryl methyl sites for hydroxylation is 2. The molecule has 0 amide bonds. The van der Waals surface area contributed by atoms with Crippen LogP contribution < -0.4 is 0 Å². The van der Waals surface area contributed by atoms with Crippen LogP contribution in [-0.2, 0) is 13.5 Å². The lowest BCUT2D eigenvalue weighted by molar-refractivity contribution is 0.620. The summed E-state index contributed by atoms with van der Waals surface area (Å²) in [5.41, 5.74) is 2.60. The van der Waals surface area contributed by atoms with Gasteiger partial charge in [0.25, 0.3) is 0 Å². The summed E-state index contributed by atoms with van der Waals surface area (Å²) in [6.45, 7) is 6.67. The van der Waals surface area contributed by atoms with Crippen LogP contribution in [0.5, 0.6) is 0 Å². The van der Waals surface area contributed by atoms with Crippen molar-refractivity contribution in [1.82, 2.24) is 9.78 Å². The van der Waals surface area contributed by atoms with Crippen LogP contribution in [0.4, 0.5) is 0 Å². The molecule has 0 aliphatic carbocycles. The molecule has 0 saturated carbocycles. The fourth-order valence-corrected chi connectivity index (χ4v) is 1.59. The van der Waals surface area contributed by atoms with E-state index in [-0.39, 0.29) is 0 Å². The molecular weight excluding hydrogens is 160 g/mol. The van der Waals surface area contributed by atoms with Gasteiger partial charge in [0.2, 0.25) is 0 Å². The SMILES string of the molecule is CCCc1cc(C(C)CC)n(C)n1. The van der Waals surface area contributed by atoms with Crippen LogP contribution >= 0.6 is 0 Å². The van der Waals surface area contributed by atoms with Gasteiger partial charge in [-0.3, -0.25) is 4.68 Å². The molecule has 2 nitrogen and oxygen atoms in total. The number of rotatable bonds is 4. The zero-order chi connectivity index (χ0) is 9.84. The maximum atomic E-state index is 4.49. The first-order valence-corrected chi connectivity index (χ1v) is 5.21. The fourth-order valence-electron chi connectivity index (χ4n) is 1.59. The maximum Gasteiger partial charge on any atom is 0.0627 e. The van der Waals surface area contributed by atoms with Gasteiger partial charge in [-0.25, -0.2) is 0 Å². The highest BCUT2D eigenvalue weighted by Crippen LogP contribution is 2.19. The molecule has 0 fully saturated rings. The molecule has 0 spiro atoms. The van der Waals surface area contributed by atoms with Crippen LogP contribution in [0, 0.1) is 0 Å². The Hall–Kier alpha value is -0.790. The Morgan fingerprint density at radius 3 is 2.69 bits per heavy atom. The molecule has 1 rings (SSSR count). The Balaban J connectivity index is 2.82. The second-order valence-corrected chi connectivity index (χ2v) is 3.74. The summed E-state index contributed by atoms with van der Waals surface area (Å²) in [7, 11) is 2.04. The van der Waals surface area contributed by atoms with E-state index in [1.54, 1.807) is 0 Å². The van der Waals surface area contributed by atoms with E-state index in [1.165, 1.54) is 24.2 Å². The molecule has 0 bridgehead atoms. The minimum absolute atomic E-state index is 0.628. The molecule has 1 atom stereocenters. The highest BCUT2D eigenvalue weighted by molar-refractivity contribution is 5.14. The van der Waals surface area contributed by atoms with Gasteiger partial charge in [-0.15, -0.1) is 0 Å². The quantitative estimate of drug-likeness (QED) is 0.696. The van der Waals surface area contributed by atoms with Crippen LogP contribution in [0.3, 0.4) is 0 Å². The predicted molar refractivity (Wildman–Crippen MR) is 55.9 cm³/mol. The van der Waals surface area contributed by atoms with Crippen LogP contribution in [0.1, 0.15) is 50.9 Å². The lowest BCUT2D eigenvalue weighted by Gasteiger charge is -2.07. The zero-order valence-corrected chi connectivity index (χ0v) is 9.17. The predicted octanol–water partition coefficient (Wildman–Crippen LogP) is 2.89. The molecular formula is C11H20N2. The Labute approximate surface area is 81.0 Å². The van der Waals surface area contributed by atoms with Gasteiger partial charge in [-0.2, -0.15) is 5.10 Å². The zero-order valence-electron chi connectivity index (χ0n) is 9.17. The van der Waals surface area contributed by atoms with Crippen LogP contribution in [0.15, 0.2) is 6.07 Å². The van der Waals surface area contributed by atoms with E-state index in [0.29, 0.717) is 5.92 Å². The molecule has 1 heterocycles. The van der Waals surface area contributed by atoms with E-state index in [9.17, 15) is 0 Å². The van der Waals surface area contributed by atoms with Gasteiger partial charge in [0.05, 0.1) is 5.69 Å². The van der Waals surface area contributed by atoms with E-state index in [1.807, 2.05) is 11.7 Å². The monoisotopic (exact) mass is 180 g/mol. The third-order valence-corrected chi connectivity index (χ3v) is 2.59. The average molecular weight is 180 g/mol. The van der Waals surface area contributed by atoms with Gasteiger partial charge in [0.1, 0.15) is 0 Å². The summed E-state index contributed by atoms with van der Waals surface area (Å²) in [4.78, 5) is 0. The fraction of sp³-hybridized carbons (Fsp3) is 0.727. The van der Waals surface area contributed by atoms with Gasteiger partial charge in [-0.1, -0.05) is 27.2 Å². The second-order valence-electron chi connectivity index (χ2n) is 3.74. The minimum atomic E-state index is 0.628. The van der Waals surface area contributed by atoms with Gasteiger partial charge in [-0.05, 0) is 24.8 Å². The van der Waals surface area contributed by atoms with Crippen LogP contribution in [0.2, 0.25) is 0 Å². The van der Waals surface area contributed by atoms with Crippen molar-refractivity contribution in [2.45, 2.75) is 46.0 Å². The summed E-state index contributed by atoms with van der Waals surface area (Å²) in [5, 5.41) is 4.49. The number of hydrogen-bond acceptors (Lipinski definition) is 1. The molecule has 0 saturated heterocycles. The highest BCUT2D eigenvalue weighted by Gasteiger charge is 2.09. The average Bonchev–Trinajstić information content (AvgIpc) is 2.46. The van der Waals surface area contributed by atoms with Gasteiger partial charge in [0.15, 0.2) is 0 Å². The topological polar surface area (TPSA) is 17.8 Å². The second kappa shape index (κ2) is 4.45. The number of nitrogens with zero attached hydrogens (tertiary/aromatic N) is 2. The van der Waals surface area contributed by atoms with Gasteiger partial charge >= 0.3 is 0 Å². The minimum Gasteiger partial charge on any atom is -0.272 e. The Morgan fingerprint density at radius 1 is 1.46 bits per heavy atom. The first-order valence-electron chi connectivity index (χ1n) is 5.21. The molecule has 1 aromatic rings. The first-order chi connectivity index (χ1) is 6.19. The summed E-state index contributed by atoms with van der Waals surface area (Å²) in [5.74, 6) is 0.628. The van der Waals surface area contributed by atoms with Crippen molar-refractivity contribution in [3.63, 3.8) is 0 Å². The molecule has 1 aromatic heterocycles. The summed E-state index contributed by atoms with van der Waals surface area (Å²) in [6, 6.07) is 2.25. The van der Waals surface area contributed by atoms with Crippen molar-refractivity contribution in [3.8, 4) is 0 Å². The number of aromatic nitrogens is 2. The van der Waals surface area contributed by atoms with Crippen molar-refractivity contribution in [2.24, 2.45) is 7.05 Å². The third kappa shape index (κ3) is 2.33. The Kier molecular flexibility index (Phi) is 3.52. The molecule has 0 aliphatic rings. The van der Waals surface area contributed by atoms with E-state index >= 15 is 0 Å². The van der Waals surface area contributed by atoms with Crippen molar-refractivity contribution >= 4 is 0 Å². The van der Waals surface area contributed by atoms with Crippen molar-refractivity contribution < 1.29 is 0 Å². The molecule has 74 valence electrons. The molecule has 0 aliphatic heterocycles. The lowest BCUT2D eigenvalue weighted by atomic mass is 10.0. The van der Waals surface area contributed by atoms with E-state index in [2.05, 4.69) is 31.9 Å². The highest BCUT2D eigenvalue weighted by atomic mass is 15.3. The van der Waals surface area contributed by atoms with Crippen molar-refractivity contribution in [2.75, 3.05) is 0 Å². The lowest BCUT2D eigenvalue weighted by Crippen LogP contribution is -2.01. The number of hydrogen-bond donors (Lipinski definition) is 0. The standard InChI is InChI=1S/C11H20N2/c1-5-7-10-8-11(9(3)6-2)13(4)12-10/h8-9H,5-7H2,1-4H3. The maximum absolute atomic E-state index is 4.49. The van der Waals surface area contributed by atoms with Crippen LogP contribution in [0.25, 0.3) is 0 Å². The van der Waals surface area contributed by atoms with Crippen LogP contribution in [-0.4, -0.2) is 9.78 Å². The molecule has 0 radical (unpaired) electrons. The smallest absolute Gasteiger partial charge is 0.0627 e. The van der Waals surface area contributed by atoms with E-state index in [4.69, 9.17) is 0 Å². The summed E-state index contributed by atoms with van der Waals surface area (Å²) in [6.07, 6.45) is 3.46. The Bertz CT molecular complexity index is 263. The van der Waals surface area contributed by atoms with E-state index in [0.717, 1.165) is 6.42 Å². The van der Waals surface area contributed by atoms with Crippen molar-refractivity contribution in [3.05, 3.63) is 17.5 Å². The molecule has 2 heteroatoms. The molecule has 13 heavy (non-hydrogen) atoms. The molecule has 0 N–H and O–H groups in total. The third-order valence-electron chi connectivity index (χ3n) is 2.59. The normalized spacial score (nSPS) is 13.2. The summed E-state index contributed by atoms with van der Waals surface area (Å²) >= 11 is 0. The first kappa shape index (κ1) is 10.3. The molecule has 1 unspecified atom stereocenters. The summed E-state index contributed by atoms with van der Waals surface area (Å²) < 4.78 is 2.03. The largest absolute Gasteiger partial charge is 0.272 e.